The van der Waals surface area contributed by atoms with Gasteiger partial charge in [-0.3, -0.25) is 0 Å². The molecule has 0 fully saturated rings. The van der Waals surface area contributed by atoms with Gasteiger partial charge in [0, 0.05) is 35.8 Å². The second-order valence-corrected chi connectivity index (χ2v) is 10.7. The number of nitrogens with zero attached hydrogens (tertiary/aromatic N) is 3. The molecule has 0 aliphatic heterocycles. The van der Waals surface area contributed by atoms with E-state index in [1.165, 1.54) is 42.3 Å². The van der Waals surface area contributed by atoms with E-state index in [0.29, 0.717) is 27.1 Å². The van der Waals surface area contributed by atoms with Crippen molar-refractivity contribution in [3.05, 3.63) is 58.6 Å². The first-order valence-electron chi connectivity index (χ1n) is 8.49. The van der Waals surface area contributed by atoms with E-state index < -0.39 is 10.0 Å². The van der Waals surface area contributed by atoms with Crippen molar-refractivity contribution in [1.29, 1.82) is 0 Å². The van der Waals surface area contributed by atoms with Crippen molar-refractivity contribution in [1.82, 2.24) is 14.3 Å². The average Bonchev–Trinajstić information content (AvgIpc) is 3.32. The summed E-state index contributed by atoms with van der Waals surface area (Å²) in [6.45, 7) is 0. The Bertz CT molecular complexity index is 1260. The number of hydrogen-bond acceptors (Lipinski definition) is 7. The molecular weight excluding hydrogens is 450 g/mol. The molecule has 4 aromatic rings. The van der Waals surface area contributed by atoms with Gasteiger partial charge in [0.25, 0.3) is 5.22 Å². The van der Waals surface area contributed by atoms with Crippen LogP contribution in [0.15, 0.2) is 62.4 Å². The minimum absolute atomic E-state index is 0.187. The van der Waals surface area contributed by atoms with Crippen molar-refractivity contribution in [2.24, 2.45) is 0 Å². The molecule has 0 bridgehead atoms. The molecule has 0 aliphatic carbocycles. The van der Waals surface area contributed by atoms with Crippen LogP contribution in [0.2, 0.25) is 5.02 Å². The highest BCUT2D eigenvalue weighted by atomic mass is 35.5. The zero-order valence-electron chi connectivity index (χ0n) is 15.5. The molecule has 0 unspecified atom stereocenters. The Morgan fingerprint density at radius 2 is 1.90 bits per heavy atom. The Labute approximate surface area is 181 Å². The molecule has 0 spiro atoms. The molecule has 0 aliphatic rings. The van der Waals surface area contributed by atoms with Crippen LogP contribution in [-0.4, -0.2) is 36.8 Å². The van der Waals surface area contributed by atoms with E-state index >= 15 is 0 Å². The van der Waals surface area contributed by atoms with Gasteiger partial charge in [0.1, 0.15) is 10.5 Å². The smallest absolute Gasteiger partial charge is 0.257 e. The van der Waals surface area contributed by atoms with E-state index in [1.807, 2.05) is 29.6 Å². The monoisotopic (exact) mass is 465 g/mol. The van der Waals surface area contributed by atoms with E-state index in [4.69, 9.17) is 16.0 Å². The largest absolute Gasteiger partial charge is 0.431 e. The molecule has 150 valence electrons. The molecule has 2 aromatic carbocycles. The van der Waals surface area contributed by atoms with Gasteiger partial charge >= 0.3 is 0 Å². The number of benzene rings is 2. The number of hydrogen-bond donors (Lipinski definition) is 0. The minimum atomic E-state index is -3.51. The lowest BCUT2D eigenvalue weighted by atomic mass is 10.2. The highest BCUT2D eigenvalue weighted by molar-refractivity contribution is 7.98. The predicted octanol–water partition coefficient (Wildman–Crippen LogP) is 5.15. The summed E-state index contributed by atoms with van der Waals surface area (Å²) in [6, 6.07) is 12.3. The third kappa shape index (κ3) is 4.34. The van der Waals surface area contributed by atoms with Crippen molar-refractivity contribution >= 4 is 55.8 Å². The van der Waals surface area contributed by atoms with Gasteiger partial charge in [-0.1, -0.05) is 35.5 Å². The summed E-state index contributed by atoms with van der Waals surface area (Å²) in [5.41, 5.74) is 3.00. The number of sulfonamides is 1. The molecule has 4 rings (SSSR count). The molecule has 0 amide bonds. The van der Waals surface area contributed by atoms with E-state index in [0.717, 1.165) is 16.3 Å². The second kappa shape index (κ2) is 8.08. The van der Waals surface area contributed by atoms with Crippen LogP contribution in [0.25, 0.3) is 21.7 Å². The molecule has 2 heterocycles. The second-order valence-electron chi connectivity index (χ2n) is 6.34. The summed E-state index contributed by atoms with van der Waals surface area (Å²) in [5, 5.41) is 4.09. The normalized spacial score (nSPS) is 12.1. The summed E-state index contributed by atoms with van der Waals surface area (Å²) < 4.78 is 31.5. The van der Waals surface area contributed by atoms with Gasteiger partial charge in [0.2, 0.25) is 10.0 Å². The molecule has 0 saturated carbocycles. The van der Waals surface area contributed by atoms with Gasteiger partial charge < -0.3 is 4.42 Å². The molecule has 29 heavy (non-hydrogen) atoms. The van der Waals surface area contributed by atoms with Gasteiger partial charge in [0.05, 0.1) is 10.6 Å². The highest BCUT2D eigenvalue weighted by Crippen LogP contribution is 2.30. The van der Waals surface area contributed by atoms with Gasteiger partial charge in [-0.05, 0) is 30.3 Å². The number of fused-ring (bicyclic) bond motifs is 1. The predicted molar refractivity (Wildman–Crippen MR) is 117 cm³/mol. The van der Waals surface area contributed by atoms with Crippen LogP contribution in [0.1, 0.15) is 5.69 Å². The zero-order valence-corrected chi connectivity index (χ0v) is 18.7. The number of halogens is 1. The van der Waals surface area contributed by atoms with Crippen LogP contribution in [0.4, 0.5) is 0 Å². The Balaban J connectivity index is 1.50. The number of aromatic nitrogens is 2. The number of thioether (sulfide) groups is 1. The quantitative estimate of drug-likeness (QED) is 0.366. The lowest BCUT2D eigenvalue weighted by Gasteiger charge is -2.10. The Morgan fingerprint density at radius 3 is 2.62 bits per heavy atom. The summed E-state index contributed by atoms with van der Waals surface area (Å²) in [6.07, 6.45) is 0. The van der Waals surface area contributed by atoms with E-state index in [1.54, 1.807) is 17.4 Å². The molecule has 0 radical (unpaired) electrons. The van der Waals surface area contributed by atoms with E-state index in [9.17, 15) is 8.42 Å². The third-order valence-electron chi connectivity index (χ3n) is 4.10. The number of oxazole rings is 1. The Kier molecular flexibility index (Phi) is 5.67. The first-order chi connectivity index (χ1) is 13.8. The van der Waals surface area contributed by atoms with Crippen molar-refractivity contribution in [2.45, 2.75) is 15.9 Å². The fourth-order valence-electron chi connectivity index (χ4n) is 2.55. The minimum Gasteiger partial charge on any atom is -0.431 e. The topological polar surface area (TPSA) is 76.3 Å². The maximum Gasteiger partial charge on any atom is 0.257 e. The fourth-order valence-corrected chi connectivity index (χ4v) is 5.26. The molecule has 6 nitrogen and oxygen atoms in total. The van der Waals surface area contributed by atoms with Crippen LogP contribution >= 0.6 is 34.7 Å². The third-order valence-corrected chi connectivity index (χ3v) is 7.97. The maximum atomic E-state index is 12.3. The molecule has 0 atom stereocenters. The average molecular weight is 466 g/mol. The van der Waals surface area contributed by atoms with Gasteiger partial charge in [-0.25, -0.2) is 22.7 Å². The molecule has 0 saturated heterocycles. The van der Waals surface area contributed by atoms with Crippen molar-refractivity contribution < 1.29 is 12.8 Å². The van der Waals surface area contributed by atoms with Crippen LogP contribution < -0.4 is 0 Å². The summed E-state index contributed by atoms with van der Waals surface area (Å²) in [7, 11) is -0.521. The highest BCUT2D eigenvalue weighted by Gasteiger charge is 2.19. The van der Waals surface area contributed by atoms with E-state index in [2.05, 4.69) is 9.97 Å². The summed E-state index contributed by atoms with van der Waals surface area (Å²) >= 11 is 8.91. The summed E-state index contributed by atoms with van der Waals surface area (Å²) in [5.74, 6) is 0.597. The van der Waals surface area contributed by atoms with Crippen LogP contribution in [0, 0.1) is 0 Å². The number of thiazole rings is 1. The van der Waals surface area contributed by atoms with Gasteiger partial charge in [-0.15, -0.1) is 11.3 Å². The van der Waals surface area contributed by atoms with Crippen LogP contribution in [0.5, 0.6) is 0 Å². The Morgan fingerprint density at radius 1 is 1.14 bits per heavy atom. The summed E-state index contributed by atoms with van der Waals surface area (Å²) in [4.78, 5) is 9.24. The van der Waals surface area contributed by atoms with Gasteiger partial charge in [-0.2, -0.15) is 0 Å². The number of rotatable bonds is 6. The van der Waals surface area contributed by atoms with Gasteiger partial charge in [0.15, 0.2) is 5.58 Å². The first-order valence-corrected chi connectivity index (χ1v) is 12.2. The van der Waals surface area contributed by atoms with Crippen molar-refractivity contribution in [2.75, 3.05) is 14.1 Å². The Hall–Kier alpha value is -1.91. The fraction of sp³-hybridized carbons (Fsp3) is 0.158. The standard InChI is InChI=1S/C19H16ClN3O3S3/c1-23(2)29(24,25)15-7-8-17-16(9-15)22-19(26-17)28-11-14-10-27-18(21-14)12-3-5-13(20)6-4-12/h3-10H,11H2,1-2H3. The van der Waals surface area contributed by atoms with Crippen molar-refractivity contribution in [3.8, 4) is 10.6 Å². The first kappa shape index (κ1) is 20.4. The molecule has 10 heteroatoms. The van der Waals surface area contributed by atoms with Crippen molar-refractivity contribution in [3.63, 3.8) is 0 Å². The lowest BCUT2D eigenvalue weighted by molar-refractivity contribution is 0.489. The molecule has 0 N–H and O–H groups in total. The van der Waals surface area contributed by atoms with Crippen LogP contribution in [-0.2, 0) is 15.8 Å². The maximum absolute atomic E-state index is 12.3. The lowest BCUT2D eigenvalue weighted by Crippen LogP contribution is -2.22. The molecular formula is C19H16ClN3O3S3. The van der Waals surface area contributed by atoms with Crippen LogP contribution in [0.3, 0.4) is 0 Å². The zero-order chi connectivity index (χ0) is 20.6. The SMILES string of the molecule is CN(C)S(=O)(=O)c1ccc2oc(SCc3csc(-c4ccc(Cl)cc4)n3)nc2c1. The van der Waals surface area contributed by atoms with E-state index in [-0.39, 0.29) is 4.90 Å². The molecule has 2 aromatic heterocycles.